The molecule has 5 nitrogen and oxygen atoms in total. The quantitative estimate of drug-likeness (QED) is 0.387. The van der Waals surface area contributed by atoms with Gasteiger partial charge < -0.3 is 16.2 Å². The predicted octanol–water partition coefficient (Wildman–Crippen LogP) is -0.223. The average molecular weight is 216 g/mol. The Kier molecular flexibility index (Phi) is 7.62. The van der Waals surface area contributed by atoms with Gasteiger partial charge in [-0.3, -0.25) is 9.59 Å². The van der Waals surface area contributed by atoms with E-state index in [0.717, 1.165) is 25.7 Å². The summed E-state index contributed by atoms with van der Waals surface area (Å²) in [6.45, 7) is 2.26. The van der Waals surface area contributed by atoms with Gasteiger partial charge in [-0.1, -0.05) is 12.8 Å². The van der Waals surface area contributed by atoms with Crippen molar-refractivity contribution in [2.45, 2.75) is 32.6 Å². The van der Waals surface area contributed by atoms with Crippen LogP contribution in [0.5, 0.6) is 0 Å². The first kappa shape index (κ1) is 13.9. The van der Waals surface area contributed by atoms with Gasteiger partial charge in [-0.05, 0) is 19.8 Å². The van der Waals surface area contributed by atoms with Gasteiger partial charge in [0.2, 0.25) is 11.8 Å². The molecule has 0 radical (unpaired) electrons. The van der Waals surface area contributed by atoms with Crippen molar-refractivity contribution in [1.82, 2.24) is 5.32 Å². The van der Waals surface area contributed by atoms with Crippen molar-refractivity contribution >= 4 is 11.8 Å². The van der Waals surface area contributed by atoms with Crippen molar-refractivity contribution in [3.05, 3.63) is 0 Å². The van der Waals surface area contributed by atoms with Gasteiger partial charge >= 0.3 is 0 Å². The van der Waals surface area contributed by atoms with Crippen LogP contribution in [0, 0.1) is 5.92 Å². The number of hydrogen-bond acceptors (Lipinski definition) is 3. The van der Waals surface area contributed by atoms with Crippen LogP contribution in [0.2, 0.25) is 0 Å². The molecular weight excluding hydrogens is 196 g/mol. The summed E-state index contributed by atoms with van der Waals surface area (Å²) < 4.78 is 0. The van der Waals surface area contributed by atoms with Crippen molar-refractivity contribution in [2.75, 3.05) is 13.2 Å². The molecule has 0 saturated carbocycles. The lowest BCUT2D eigenvalue weighted by molar-refractivity contribution is -0.132. The monoisotopic (exact) mass is 216 g/mol. The third kappa shape index (κ3) is 6.90. The maximum atomic E-state index is 11.2. The highest BCUT2D eigenvalue weighted by Crippen LogP contribution is 1.98. The van der Waals surface area contributed by atoms with Crippen molar-refractivity contribution < 1.29 is 14.7 Å². The van der Waals surface area contributed by atoms with E-state index in [9.17, 15) is 9.59 Å². The molecule has 0 spiro atoms. The second kappa shape index (κ2) is 8.23. The average Bonchev–Trinajstić information content (AvgIpc) is 2.21. The number of amides is 2. The van der Waals surface area contributed by atoms with E-state index in [1.165, 1.54) is 6.92 Å². The van der Waals surface area contributed by atoms with Gasteiger partial charge in [0.15, 0.2) is 0 Å². The standard InChI is InChI=1S/C10H20N2O3/c1-8(9(11)14)10(15)12-6-4-2-3-5-7-13/h8,13H,2-7H2,1H3,(H2,11,14)(H,12,15). The van der Waals surface area contributed by atoms with Crippen molar-refractivity contribution in [3.8, 4) is 0 Å². The number of rotatable bonds is 8. The summed E-state index contributed by atoms with van der Waals surface area (Å²) in [5, 5.41) is 11.2. The van der Waals surface area contributed by atoms with Crippen LogP contribution in [0.1, 0.15) is 32.6 Å². The molecule has 4 N–H and O–H groups in total. The van der Waals surface area contributed by atoms with Crippen LogP contribution in [0.15, 0.2) is 0 Å². The zero-order valence-electron chi connectivity index (χ0n) is 9.16. The van der Waals surface area contributed by atoms with E-state index >= 15 is 0 Å². The molecule has 0 aromatic carbocycles. The molecule has 0 aromatic heterocycles. The first-order chi connectivity index (χ1) is 7.09. The number of carbonyl (C=O) groups is 2. The number of aliphatic hydroxyl groups is 1. The lowest BCUT2D eigenvalue weighted by atomic mass is 10.1. The molecule has 0 aliphatic heterocycles. The summed E-state index contributed by atoms with van der Waals surface area (Å²) in [6.07, 6.45) is 3.58. The van der Waals surface area contributed by atoms with Gasteiger partial charge in [0.1, 0.15) is 5.92 Å². The summed E-state index contributed by atoms with van der Waals surface area (Å²) in [6, 6.07) is 0. The van der Waals surface area contributed by atoms with Crippen LogP contribution in [0.3, 0.4) is 0 Å². The van der Waals surface area contributed by atoms with Gasteiger partial charge in [-0.25, -0.2) is 0 Å². The summed E-state index contributed by atoms with van der Waals surface area (Å²) in [5.74, 6) is -1.68. The second-order valence-corrected chi connectivity index (χ2v) is 3.55. The van der Waals surface area contributed by atoms with E-state index in [4.69, 9.17) is 10.8 Å². The highest BCUT2D eigenvalue weighted by Gasteiger charge is 2.17. The maximum absolute atomic E-state index is 11.2. The second-order valence-electron chi connectivity index (χ2n) is 3.55. The van der Waals surface area contributed by atoms with Crippen LogP contribution >= 0.6 is 0 Å². The van der Waals surface area contributed by atoms with Gasteiger partial charge in [0.25, 0.3) is 0 Å². The van der Waals surface area contributed by atoms with Crippen LogP contribution in [0.25, 0.3) is 0 Å². The molecule has 5 heteroatoms. The van der Waals surface area contributed by atoms with E-state index in [1.54, 1.807) is 0 Å². The normalized spacial score (nSPS) is 12.1. The Morgan fingerprint density at radius 3 is 2.40 bits per heavy atom. The first-order valence-corrected chi connectivity index (χ1v) is 5.27. The number of hydrogen-bond donors (Lipinski definition) is 3. The number of carbonyl (C=O) groups excluding carboxylic acids is 2. The summed E-state index contributed by atoms with van der Waals surface area (Å²) in [5.41, 5.74) is 4.98. The fourth-order valence-electron chi connectivity index (χ4n) is 1.08. The first-order valence-electron chi connectivity index (χ1n) is 5.27. The lowest BCUT2D eigenvalue weighted by Crippen LogP contribution is -2.37. The minimum absolute atomic E-state index is 0.213. The van der Waals surface area contributed by atoms with E-state index in [-0.39, 0.29) is 12.5 Å². The Hall–Kier alpha value is -1.10. The summed E-state index contributed by atoms with van der Waals surface area (Å²) in [7, 11) is 0. The molecule has 1 atom stereocenters. The highest BCUT2D eigenvalue weighted by molar-refractivity contribution is 5.99. The van der Waals surface area contributed by atoms with Gasteiger partial charge in [0.05, 0.1) is 0 Å². The molecule has 0 saturated heterocycles. The summed E-state index contributed by atoms with van der Waals surface area (Å²) in [4.78, 5) is 21.9. The lowest BCUT2D eigenvalue weighted by Gasteiger charge is -2.08. The van der Waals surface area contributed by atoms with Crippen LogP contribution in [-0.4, -0.2) is 30.1 Å². The third-order valence-corrected chi connectivity index (χ3v) is 2.20. The van der Waals surface area contributed by atoms with E-state index in [0.29, 0.717) is 6.54 Å². The van der Waals surface area contributed by atoms with Gasteiger partial charge in [-0.15, -0.1) is 0 Å². The van der Waals surface area contributed by atoms with E-state index in [1.807, 2.05) is 0 Å². The van der Waals surface area contributed by atoms with Gasteiger partial charge in [-0.2, -0.15) is 0 Å². The minimum Gasteiger partial charge on any atom is -0.396 e. The molecule has 15 heavy (non-hydrogen) atoms. The fourth-order valence-corrected chi connectivity index (χ4v) is 1.08. The molecule has 0 aromatic rings. The molecule has 2 amide bonds. The molecule has 0 bridgehead atoms. The SMILES string of the molecule is CC(C(N)=O)C(=O)NCCCCCCO. The fraction of sp³-hybridized carbons (Fsp3) is 0.800. The van der Waals surface area contributed by atoms with Crippen molar-refractivity contribution in [2.24, 2.45) is 11.7 Å². The summed E-state index contributed by atoms with van der Waals surface area (Å²) >= 11 is 0. The minimum atomic E-state index is -0.762. The highest BCUT2D eigenvalue weighted by atomic mass is 16.3. The van der Waals surface area contributed by atoms with E-state index in [2.05, 4.69) is 5.32 Å². The Balaban J connectivity index is 3.43. The molecule has 0 heterocycles. The Morgan fingerprint density at radius 2 is 1.87 bits per heavy atom. The molecule has 1 unspecified atom stereocenters. The Labute approximate surface area is 90.0 Å². The van der Waals surface area contributed by atoms with Crippen LogP contribution < -0.4 is 11.1 Å². The van der Waals surface area contributed by atoms with Gasteiger partial charge in [0, 0.05) is 13.2 Å². The predicted molar refractivity (Wildman–Crippen MR) is 56.9 cm³/mol. The number of primary amides is 1. The molecule has 88 valence electrons. The molecule has 0 aliphatic rings. The molecule has 0 aliphatic carbocycles. The zero-order valence-corrected chi connectivity index (χ0v) is 9.16. The number of unbranched alkanes of at least 4 members (excludes halogenated alkanes) is 3. The largest absolute Gasteiger partial charge is 0.396 e. The smallest absolute Gasteiger partial charge is 0.232 e. The van der Waals surface area contributed by atoms with Crippen LogP contribution in [-0.2, 0) is 9.59 Å². The molecule has 0 rings (SSSR count). The maximum Gasteiger partial charge on any atom is 0.232 e. The topological polar surface area (TPSA) is 92.4 Å². The van der Waals surface area contributed by atoms with E-state index < -0.39 is 11.8 Å². The molecular formula is C10H20N2O3. The van der Waals surface area contributed by atoms with Crippen molar-refractivity contribution in [3.63, 3.8) is 0 Å². The van der Waals surface area contributed by atoms with Crippen LogP contribution in [0.4, 0.5) is 0 Å². The zero-order chi connectivity index (χ0) is 11.7. The number of nitrogens with one attached hydrogen (secondary N) is 1. The molecule has 0 fully saturated rings. The van der Waals surface area contributed by atoms with Crippen molar-refractivity contribution in [1.29, 1.82) is 0 Å². The Morgan fingerprint density at radius 1 is 1.27 bits per heavy atom. The number of nitrogens with two attached hydrogens (primary N) is 1. The Bertz CT molecular complexity index is 207. The third-order valence-electron chi connectivity index (χ3n) is 2.20. The number of aliphatic hydroxyl groups excluding tert-OH is 1.